The lowest BCUT2D eigenvalue weighted by Crippen LogP contribution is -2.48. The lowest BCUT2D eigenvalue weighted by atomic mass is 10.1. The zero-order valence-corrected chi connectivity index (χ0v) is 19.0. The van der Waals surface area contributed by atoms with E-state index in [1.54, 1.807) is 0 Å². The summed E-state index contributed by atoms with van der Waals surface area (Å²) in [5, 5.41) is 5.47. The Hall–Kier alpha value is -2.63. The van der Waals surface area contributed by atoms with E-state index in [0.29, 0.717) is 6.42 Å². The summed E-state index contributed by atoms with van der Waals surface area (Å²) >= 11 is 6.09. The Morgan fingerprint density at radius 3 is 2.45 bits per heavy atom. The summed E-state index contributed by atoms with van der Waals surface area (Å²) in [5.41, 5.74) is 5.56. The Bertz CT molecular complexity index is 1040. The molecule has 1 saturated heterocycles. The third-order valence-corrected chi connectivity index (χ3v) is 6.29. The predicted octanol–water partition coefficient (Wildman–Crippen LogP) is 4.42. The highest BCUT2D eigenvalue weighted by Crippen LogP contribution is 2.20. The van der Waals surface area contributed by atoms with Crippen LogP contribution in [-0.2, 0) is 17.8 Å². The van der Waals surface area contributed by atoms with Gasteiger partial charge in [-0.3, -0.25) is 9.69 Å². The van der Waals surface area contributed by atoms with E-state index in [1.807, 2.05) is 52.9 Å². The fourth-order valence-corrected chi connectivity index (χ4v) is 4.51. The maximum atomic E-state index is 12.8. The number of carbonyl (C=O) groups excluding carboxylic acids is 1. The molecule has 31 heavy (non-hydrogen) atoms. The Balaban J connectivity index is 1.30. The van der Waals surface area contributed by atoms with Crippen molar-refractivity contribution in [1.29, 1.82) is 0 Å². The summed E-state index contributed by atoms with van der Waals surface area (Å²) in [6.45, 7) is 8.33. The van der Waals surface area contributed by atoms with Gasteiger partial charge in [0.05, 0.1) is 11.4 Å². The first kappa shape index (κ1) is 21.6. The van der Waals surface area contributed by atoms with Crippen molar-refractivity contribution >= 4 is 17.5 Å². The first-order chi connectivity index (χ1) is 15.0. The lowest BCUT2D eigenvalue weighted by molar-refractivity contribution is -0.133. The van der Waals surface area contributed by atoms with Gasteiger partial charge in [-0.05, 0) is 55.7 Å². The van der Waals surface area contributed by atoms with Gasteiger partial charge in [-0.15, -0.1) is 0 Å². The van der Waals surface area contributed by atoms with Crippen molar-refractivity contribution in [3.05, 3.63) is 82.1 Å². The first-order valence-corrected chi connectivity index (χ1v) is 11.2. The molecule has 0 spiro atoms. The van der Waals surface area contributed by atoms with Crippen molar-refractivity contribution in [3.8, 4) is 5.69 Å². The number of carbonyl (C=O) groups is 1. The van der Waals surface area contributed by atoms with Crippen LogP contribution >= 0.6 is 11.6 Å². The van der Waals surface area contributed by atoms with E-state index < -0.39 is 0 Å². The van der Waals surface area contributed by atoms with Crippen LogP contribution in [0, 0.1) is 13.8 Å². The monoisotopic (exact) mass is 436 g/mol. The smallest absolute Gasteiger partial charge is 0.222 e. The van der Waals surface area contributed by atoms with E-state index in [-0.39, 0.29) is 5.91 Å². The Labute approximate surface area is 189 Å². The highest BCUT2D eigenvalue weighted by atomic mass is 35.5. The minimum atomic E-state index is 0.230. The van der Waals surface area contributed by atoms with Crippen LogP contribution in [-0.4, -0.2) is 51.7 Å². The molecule has 1 aliphatic heterocycles. The molecule has 0 saturated carbocycles. The van der Waals surface area contributed by atoms with E-state index in [2.05, 4.69) is 30.0 Å². The van der Waals surface area contributed by atoms with Crippen molar-refractivity contribution in [2.45, 2.75) is 33.2 Å². The van der Waals surface area contributed by atoms with Crippen LogP contribution < -0.4 is 0 Å². The van der Waals surface area contributed by atoms with E-state index in [4.69, 9.17) is 16.7 Å². The second kappa shape index (κ2) is 9.67. The molecule has 4 rings (SSSR count). The molecule has 2 aromatic carbocycles. The molecule has 2 heterocycles. The van der Waals surface area contributed by atoms with Crippen LogP contribution in [0.5, 0.6) is 0 Å². The van der Waals surface area contributed by atoms with Gasteiger partial charge in [-0.25, -0.2) is 4.68 Å². The fourth-order valence-electron chi connectivity index (χ4n) is 4.30. The highest BCUT2D eigenvalue weighted by Gasteiger charge is 2.22. The summed E-state index contributed by atoms with van der Waals surface area (Å²) in [5.74, 6) is 0.230. The Kier molecular flexibility index (Phi) is 6.73. The van der Waals surface area contributed by atoms with Crippen molar-refractivity contribution in [2.24, 2.45) is 0 Å². The van der Waals surface area contributed by atoms with E-state index >= 15 is 0 Å². The van der Waals surface area contributed by atoms with Crippen LogP contribution in [0.3, 0.4) is 0 Å². The number of piperazine rings is 1. The van der Waals surface area contributed by atoms with Gasteiger partial charge in [0.25, 0.3) is 0 Å². The van der Waals surface area contributed by atoms with Gasteiger partial charge in [0.1, 0.15) is 0 Å². The molecule has 1 fully saturated rings. The zero-order valence-electron chi connectivity index (χ0n) is 18.2. The first-order valence-electron chi connectivity index (χ1n) is 10.9. The summed E-state index contributed by atoms with van der Waals surface area (Å²) < 4.78 is 1.98. The molecule has 1 amide bonds. The molecule has 0 bridgehead atoms. The molecule has 3 aromatic rings. The minimum Gasteiger partial charge on any atom is -0.340 e. The predicted molar refractivity (Wildman–Crippen MR) is 125 cm³/mol. The molecule has 162 valence electrons. The Morgan fingerprint density at radius 1 is 1.00 bits per heavy atom. The fraction of sp³-hybridized carbons (Fsp3) is 0.360. The number of benzene rings is 2. The third-order valence-electron chi connectivity index (χ3n) is 6.05. The number of hydrogen-bond donors (Lipinski definition) is 0. The molecule has 6 heteroatoms. The van der Waals surface area contributed by atoms with Gasteiger partial charge in [0.2, 0.25) is 5.91 Å². The number of amides is 1. The number of halogens is 1. The maximum Gasteiger partial charge on any atom is 0.222 e. The van der Waals surface area contributed by atoms with E-state index in [1.165, 1.54) is 11.1 Å². The topological polar surface area (TPSA) is 41.4 Å². The number of para-hydroxylation sites is 1. The number of rotatable bonds is 6. The van der Waals surface area contributed by atoms with E-state index in [9.17, 15) is 4.79 Å². The molecular formula is C25H29ClN4O. The van der Waals surface area contributed by atoms with Crippen LogP contribution in [0.4, 0.5) is 0 Å². The molecule has 0 aliphatic carbocycles. The van der Waals surface area contributed by atoms with Crippen LogP contribution in [0.1, 0.15) is 28.9 Å². The molecule has 0 N–H and O–H groups in total. The van der Waals surface area contributed by atoms with Crippen molar-refractivity contribution in [1.82, 2.24) is 19.6 Å². The summed E-state index contributed by atoms with van der Waals surface area (Å²) in [4.78, 5) is 17.2. The van der Waals surface area contributed by atoms with Crippen LogP contribution in [0.25, 0.3) is 5.69 Å². The van der Waals surface area contributed by atoms with E-state index in [0.717, 1.165) is 61.2 Å². The average molecular weight is 437 g/mol. The zero-order chi connectivity index (χ0) is 21.8. The maximum absolute atomic E-state index is 12.8. The summed E-state index contributed by atoms with van der Waals surface area (Å²) in [6.07, 6.45) is 1.25. The summed E-state index contributed by atoms with van der Waals surface area (Å²) in [7, 11) is 0. The summed E-state index contributed by atoms with van der Waals surface area (Å²) in [6, 6.07) is 18.1. The van der Waals surface area contributed by atoms with Gasteiger partial charge in [0.15, 0.2) is 0 Å². The van der Waals surface area contributed by atoms with Crippen molar-refractivity contribution < 1.29 is 4.79 Å². The number of aryl methyl sites for hydroxylation is 1. The second-order valence-corrected chi connectivity index (χ2v) is 8.62. The molecule has 0 unspecified atom stereocenters. The molecule has 1 aromatic heterocycles. The number of aromatic nitrogens is 2. The molecular weight excluding hydrogens is 408 g/mol. The quantitative estimate of drug-likeness (QED) is 0.574. The van der Waals surface area contributed by atoms with Crippen LogP contribution in [0.2, 0.25) is 5.02 Å². The largest absolute Gasteiger partial charge is 0.340 e. The molecule has 1 aliphatic rings. The standard InChI is InChI=1S/C25H29ClN4O/c1-19-24(20(2)30(27-19)23-9-4-3-5-10-23)11-12-25(31)29-15-13-28(14-16-29)18-21-7-6-8-22(26)17-21/h3-10,17H,11-16,18H2,1-2H3. The normalized spacial score (nSPS) is 14.7. The van der Waals surface area contributed by atoms with Gasteiger partial charge in [-0.2, -0.15) is 5.10 Å². The van der Waals surface area contributed by atoms with Gasteiger partial charge < -0.3 is 4.90 Å². The molecule has 0 atom stereocenters. The second-order valence-electron chi connectivity index (χ2n) is 8.18. The Morgan fingerprint density at radius 2 is 1.74 bits per heavy atom. The van der Waals surface area contributed by atoms with Crippen LogP contribution in [0.15, 0.2) is 54.6 Å². The third kappa shape index (κ3) is 5.17. The van der Waals surface area contributed by atoms with Crippen molar-refractivity contribution in [2.75, 3.05) is 26.2 Å². The van der Waals surface area contributed by atoms with Crippen molar-refractivity contribution in [3.63, 3.8) is 0 Å². The molecule has 0 radical (unpaired) electrons. The highest BCUT2D eigenvalue weighted by molar-refractivity contribution is 6.30. The lowest BCUT2D eigenvalue weighted by Gasteiger charge is -2.35. The van der Waals surface area contributed by atoms with Gasteiger partial charge >= 0.3 is 0 Å². The number of hydrogen-bond acceptors (Lipinski definition) is 3. The molecule has 5 nitrogen and oxygen atoms in total. The van der Waals surface area contributed by atoms with Gasteiger partial charge in [-0.1, -0.05) is 41.9 Å². The van der Waals surface area contributed by atoms with Gasteiger partial charge in [0, 0.05) is 49.9 Å². The minimum absolute atomic E-state index is 0.230. The SMILES string of the molecule is Cc1nn(-c2ccccc2)c(C)c1CCC(=O)N1CCN(Cc2cccc(Cl)c2)CC1. The average Bonchev–Trinajstić information content (AvgIpc) is 3.06. The number of nitrogens with zero attached hydrogens (tertiary/aromatic N) is 4.